The third-order valence-electron chi connectivity index (χ3n) is 3.28. The summed E-state index contributed by atoms with van der Waals surface area (Å²) in [5.41, 5.74) is 2.07. The molecule has 0 aliphatic heterocycles. The lowest BCUT2D eigenvalue weighted by Crippen LogP contribution is -2.38. The van der Waals surface area contributed by atoms with E-state index in [4.69, 9.17) is 4.74 Å². The summed E-state index contributed by atoms with van der Waals surface area (Å²) in [4.78, 5) is 4.61. The van der Waals surface area contributed by atoms with Crippen molar-refractivity contribution in [3.05, 3.63) is 35.1 Å². The Balaban J connectivity index is 2.58. The average molecular weight is 356 g/mol. The molecule has 136 valence electrons. The summed E-state index contributed by atoms with van der Waals surface area (Å²) in [6, 6.07) is 4.92. The van der Waals surface area contributed by atoms with Crippen molar-refractivity contribution in [1.82, 2.24) is 10.6 Å². The summed E-state index contributed by atoms with van der Waals surface area (Å²) in [5, 5.41) is 6.54. The standard InChI is InChI=1S/C18H30FN3OS/c1-5-20-18(21-9-6-10-23-14(2)3)22-12-15-7-8-17(19)11-16(15)13-24-4/h7-8,11,14H,5-6,9-10,12-13H2,1-4H3,(H2,20,21,22). The summed E-state index contributed by atoms with van der Waals surface area (Å²) in [6.07, 6.45) is 3.21. The van der Waals surface area contributed by atoms with Crippen LogP contribution >= 0.6 is 11.8 Å². The van der Waals surface area contributed by atoms with E-state index >= 15 is 0 Å². The molecule has 0 saturated carbocycles. The molecule has 0 heterocycles. The smallest absolute Gasteiger partial charge is 0.191 e. The molecule has 0 aliphatic rings. The van der Waals surface area contributed by atoms with E-state index < -0.39 is 0 Å². The predicted molar refractivity (Wildman–Crippen MR) is 102 cm³/mol. The minimum absolute atomic E-state index is 0.193. The van der Waals surface area contributed by atoms with Crippen molar-refractivity contribution in [2.45, 2.75) is 45.6 Å². The van der Waals surface area contributed by atoms with Crippen LogP contribution in [-0.2, 0) is 17.0 Å². The zero-order chi connectivity index (χ0) is 17.8. The van der Waals surface area contributed by atoms with Crippen LogP contribution in [0.2, 0.25) is 0 Å². The first kappa shape index (κ1) is 20.8. The first-order valence-corrected chi connectivity index (χ1v) is 9.86. The Labute approximate surface area is 149 Å². The second kappa shape index (κ2) is 12.1. The number of halogens is 1. The summed E-state index contributed by atoms with van der Waals surface area (Å²) in [6.45, 7) is 8.99. The van der Waals surface area contributed by atoms with Crippen LogP contribution in [0.25, 0.3) is 0 Å². The van der Waals surface area contributed by atoms with E-state index in [9.17, 15) is 4.39 Å². The summed E-state index contributed by atoms with van der Waals surface area (Å²) < 4.78 is 18.9. The predicted octanol–water partition coefficient (Wildman–Crippen LogP) is 3.56. The van der Waals surface area contributed by atoms with Crippen LogP contribution in [0.5, 0.6) is 0 Å². The van der Waals surface area contributed by atoms with Gasteiger partial charge in [-0.15, -0.1) is 0 Å². The maximum absolute atomic E-state index is 13.4. The fourth-order valence-corrected chi connectivity index (χ4v) is 2.72. The van der Waals surface area contributed by atoms with Crippen molar-refractivity contribution in [3.63, 3.8) is 0 Å². The Morgan fingerprint density at radius 2 is 2.08 bits per heavy atom. The molecule has 6 heteroatoms. The highest BCUT2D eigenvalue weighted by molar-refractivity contribution is 7.97. The second-order valence-corrected chi connectivity index (χ2v) is 6.61. The number of nitrogens with zero attached hydrogens (tertiary/aromatic N) is 1. The minimum atomic E-state index is -0.193. The summed E-state index contributed by atoms with van der Waals surface area (Å²) in [7, 11) is 0. The Morgan fingerprint density at radius 3 is 2.75 bits per heavy atom. The Kier molecular flexibility index (Phi) is 10.5. The van der Waals surface area contributed by atoms with Gasteiger partial charge in [0.1, 0.15) is 5.82 Å². The molecule has 0 saturated heterocycles. The number of benzene rings is 1. The van der Waals surface area contributed by atoms with Gasteiger partial charge in [0, 0.05) is 25.4 Å². The van der Waals surface area contributed by atoms with E-state index in [0.717, 1.165) is 49.0 Å². The van der Waals surface area contributed by atoms with Gasteiger partial charge in [-0.25, -0.2) is 9.38 Å². The zero-order valence-electron chi connectivity index (χ0n) is 15.2. The van der Waals surface area contributed by atoms with E-state index in [-0.39, 0.29) is 11.9 Å². The van der Waals surface area contributed by atoms with Gasteiger partial charge in [0.25, 0.3) is 0 Å². The van der Waals surface area contributed by atoms with Gasteiger partial charge in [-0.3, -0.25) is 0 Å². The van der Waals surface area contributed by atoms with E-state index in [1.165, 1.54) is 6.07 Å². The normalized spacial score (nSPS) is 11.8. The molecule has 1 rings (SSSR count). The van der Waals surface area contributed by atoms with Gasteiger partial charge in [-0.05, 0) is 56.7 Å². The molecule has 24 heavy (non-hydrogen) atoms. The van der Waals surface area contributed by atoms with Crippen molar-refractivity contribution < 1.29 is 9.13 Å². The minimum Gasteiger partial charge on any atom is -0.379 e. The molecule has 0 unspecified atom stereocenters. The third-order valence-corrected chi connectivity index (χ3v) is 3.88. The third kappa shape index (κ3) is 8.55. The summed E-state index contributed by atoms with van der Waals surface area (Å²) in [5.74, 6) is 1.38. The van der Waals surface area contributed by atoms with Gasteiger partial charge < -0.3 is 15.4 Å². The van der Waals surface area contributed by atoms with Gasteiger partial charge in [-0.2, -0.15) is 11.8 Å². The number of nitrogens with one attached hydrogen (secondary N) is 2. The number of thioether (sulfide) groups is 1. The number of ether oxygens (including phenoxy) is 1. The lowest BCUT2D eigenvalue weighted by atomic mass is 10.1. The number of aliphatic imine (C=N–C) groups is 1. The quantitative estimate of drug-likeness (QED) is 0.383. The fourth-order valence-electron chi connectivity index (χ4n) is 2.14. The van der Waals surface area contributed by atoms with Crippen LogP contribution in [0.4, 0.5) is 4.39 Å². The van der Waals surface area contributed by atoms with Crippen LogP contribution in [0.1, 0.15) is 38.3 Å². The molecule has 0 bridgehead atoms. The molecule has 0 amide bonds. The molecule has 0 spiro atoms. The first-order chi connectivity index (χ1) is 11.6. The highest BCUT2D eigenvalue weighted by Gasteiger charge is 2.05. The zero-order valence-corrected chi connectivity index (χ0v) is 16.0. The number of hydrogen-bond acceptors (Lipinski definition) is 3. The average Bonchev–Trinajstić information content (AvgIpc) is 2.53. The number of rotatable bonds is 10. The van der Waals surface area contributed by atoms with Crippen LogP contribution in [0.15, 0.2) is 23.2 Å². The van der Waals surface area contributed by atoms with Crippen LogP contribution in [0.3, 0.4) is 0 Å². The van der Waals surface area contributed by atoms with Crippen molar-refractivity contribution in [2.24, 2.45) is 4.99 Å². The second-order valence-electron chi connectivity index (χ2n) is 5.74. The SMILES string of the molecule is CCNC(=NCc1ccc(F)cc1CSC)NCCCOC(C)C. The van der Waals surface area contributed by atoms with Gasteiger partial charge in [0.15, 0.2) is 5.96 Å². The van der Waals surface area contributed by atoms with Crippen molar-refractivity contribution in [3.8, 4) is 0 Å². The highest BCUT2D eigenvalue weighted by Crippen LogP contribution is 2.17. The van der Waals surface area contributed by atoms with Crippen LogP contribution < -0.4 is 10.6 Å². The van der Waals surface area contributed by atoms with Gasteiger partial charge in [0.05, 0.1) is 12.6 Å². The summed E-state index contributed by atoms with van der Waals surface area (Å²) >= 11 is 1.68. The number of hydrogen-bond donors (Lipinski definition) is 2. The van der Waals surface area contributed by atoms with Gasteiger partial charge in [0.2, 0.25) is 0 Å². The molecule has 0 aromatic heterocycles. The number of guanidine groups is 1. The highest BCUT2D eigenvalue weighted by atomic mass is 32.2. The lowest BCUT2D eigenvalue weighted by molar-refractivity contribution is 0.0776. The van der Waals surface area contributed by atoms with E-state index in [0.29, 0.717) is 6.54 Å². The maximum Gasteiger partial charge on any atom is 0.191 e. The monoisotopic (exact) mass is 355 g/mol. The van der Waals surface area contributed by atoms with Gasteiger partial charge in [-0.1, -0.05) is 6.07 Å². The fraction of sp³-hybridized carbons (Fsp3) is 0.611. The lowest BCUT2D eigenvalue weighted by Gasteiger charge is -2.13. The van der Waals surface area contributed by atoms with Crippen LogP contribution in [-0.4, -0.2) is 38.0 Å². The Morgan fingerprint density at radius 1 is 1.29 bits per heavy atom. The molecule has 1 aromatic carbocycles. The molecular weight excluding hydrogens is 325 g/mol. The first-order valence-electron chi connectivity index (χ1n) is 8.46. The molecule has 0 aliphatic carbocycles. The Bertz CT molecular complexity index is 509. The molecule has 1 aromatic rings. The van der Waals surface area contributed by atoms with E-state index in [2.05, 4.69) is 15.6 Å². The maximum atomic E-state index is 13.4. The Hall–Kier alpha value is -1.27. The molecule has 0 atom stereocenters. The van der Waals surface area contributed by atoms with Crippen LogP contribution in [0, 0.1) is 5.82 Å². The van der Waals surface area contributed by atoms with Gasteiger partial charge >= 0.3 is 0 Å². The van der Waals surface area contributed by atoms with E-state index in [1.54, 1.807) is 17.8 Å². The molecule has 2 N–H and O–H groups in total. The molecular formula is C18H30FN3OS. The molecule has 0 radical (unpaired) electrons. The van der Waals surface area contributed by atoms with Crippen molar-refractivity contribution >= 4 is 17.7 Å². The largest absolute Gasteiger partial charge is 0.379 e. The molecule has 4 nitrogen and oxygen atoms in total. The van der Waals surface area contributed by atoms with Crippen molar-refractivity contribution in [1.29, 1.82) is 0 Å². The molecule has 0 fully saturated rings. The van der Waals surface area contributed by atoms with Crippen molar-refractivity contribution in [2.75, 3.05) is 26.0 Å². The topological polar surface area (TPSA) is 45.7 Å². The van der Waals surface area contributed by atoms with E-state index in [1.807, 2.05) is 33.1 Å².